The first-order valence-corrected chi connectivity index (χ1v) is 15.6. The molecule has 8 heteroatoms. The number of aliphatic hydroxyl groups excluding tert-OH is 1. The molecule has 2 aliphatic heterocycles. The number of carbonyl (C=O) groups is 1. The predicted molar refractivity (Wildman–Crippen MR) is 165 cm³/mol. The van der Waals surface area contributed by atoms with Crippen molar-refractivity contribution in [2.24, 2.45) is 5.92 Å². The van der Waals surface area contributed by atoms with Crippen LogP contribution in [0.1, 0.15) is 51.2 Å². The lowest BCUT2D eigenvalue weighted by Gasteiger charge is -2.40. The minimum Gasteiger partial charge on any atom is -0.392 e. The number of nitrogens with one attached hydrogen (secondary N) is 1. The Balaban J connectivity index is 1.29. The Morgan fingerprint density at radius 2 is 1.68 bits per heavy atom. The Kier molecular flexibility index (Phi) is 12.0. The van der Waals surface area contributed by atoms with Crippen LogP contribution in [-0.4, -0.2) is 116 Å². The minimum absolute atomic E-state index is 0.0442. The number of β-amino-alcohol motifs (C(OH)–C–C–N with tert-alkyl or cyclic N) is 1. The smallest absolute Gasteiger partial charge is 0.234 e. The van der Waals surface area contributed by atoms with Gasteiger partial charge in [-0.1, -0.05) is 43.3 Å². The second-order valence-electron chi connectivity index (χ2n) is 12.2. The fraction of sp³-hybridized carbons (Fsp3) is 0.667. The molecule has 2 heterocycles. The van der Waals surface area contributed by atoms with Gasteiger partial charge in [-0.2, -0.15) is 0 Å². The van der Waals surface area contributed by atoms with Crippen molar-refractivity contribution in [2.75, 3.05) is 72.1 Å². The highest BCUT2D eigenvalue weighted by atomic mass is 16.7. The second kappa shape index (κ2) is 15.4. The Hall–Kier alpha value is -2.07. The third-order valence-corrected chi connectivity index (χ3v) is 8.55. The highest BCUT2D eigenvalue weighted by molar-refractivity contribution is 5.78. The van der Waals surface area contributed by atoms with Gasteiger partial charge >= 0.3 is 0 Å². The van der Waals surface area contributed by atoms with E-state index < -0.39 is 5.79 Å². The Labute approximate surface area is 247 Å². The van der Waals surface area contributed by atoms with E-state index in [-0.39, 0.29) is 24.0 Å². The van der Waals surface area contributed by atoms with E-state index in [2.05, 4.69) is 76.4 Å². The van der Waals surface area contributed by atoms with Crippen molar-refractivity contribution < 1.29 is 19.4 Å². The fourth-order valence-corrected chi connectivity index (χ4v) is 6.20. The lowest BCUT2D eigenvalue weighted by atomic mass is 9.82. The lowest BCUT2D eigenvalue weighted by Crippen LogP contribution is -2.50. The lowest BCUT2D eigenvalue weighted by molar-refractivity contribution is -0.223. The van der Waals surface area contributed by atoms with Crippen molar-refractivity contribution in [3.63, 3.8) is 0 Å². The van der Waals surface area contributed by atoms with Crippen LogP contribution in [0, 0.1) is 12.8 Å². The number of hydrogen-bond acceptors (Lipinski definition) is 7. The van der Waals surface area contributed by atoms with Gasteiger partial charge in [0.2, 0.25) is 5.91 Å². The molecule has 2 unspecified atom stereocenters. The van der Waals surface area contributed by atoms with Gasteiger partial charge in [0, 0.05) is 64.3 Å². The second-order valence-corrected chi connectivity index (χ2v) is 12.2. The molecule has 228 valence electrons. The Bertz CT molecular complexity index is 1040. The zero-order valence-corrected chi connectivity index (χ0v) is 25.7. The maximum absolute atomic E-state index is 12.1. The van der Waals surface area contributed by atoms with Crippen LogP contribution in [0.15, 0.2) is 42.5 Å². The number of hydrogen-bond donors (Lipinski definition) is 2. The third kappa shape index (κ3) is 9.21. The Morgan fingerprint density at radius 1 is 1.02 bits per heavy atom. The number of ether oxygens (including phenoxy) is 2. The van der Waals surface area contributed by atoms with E-state index in [0.717, 1.165) is 71.6 Å². The third-order valence-electron chi connectivity index (χ3n) is 8.55. The summed E-state index contributed by atoms with van der Waals surface area (Å²) < 4.78 is 13.3. The highest BCUT2D eigenvalue weighted by Gasteiger charge is 2.40. The van der Waals surface area contributed by atoms with Crippen LogP contribution in [-0.2, 0) is 14.3 Å². The van der Waals surface area contributed by atoms with E-state index in [1.807, 2.05) is 13.8 Å². The molecule has 0 spiro atoms. The molecule has 1 aromatic rings. The van der Waals surface area contributed by atoms with Gasteiger partial charge in [0.15, 0.2) is 5.79 Å². The average Bonchev–Trinajstić information content (AvgIpc) is 3.36. The molecular formula is C33H52N4O4. The number of benzene rings is 1. The normalized spacial score (nSPS) is 26.0. The summed E-state index contributed by atoms with van der Waals surface area (Å²) in [5, 5.41) is 12.8. The van der Waals surface area contributed by atoms with Crippen molar-refractivity contribution in [1.29, 1.82) is 0 Å². The first-order valence-electron chi connectivity index (χ1n) is 15.6. The molecule has 3 atom stereocenters. The summed E-state index contributed by atoms with van der Waals surface area (Å²) >= 11 is 0. The zero-order valence-electron chi connectivity index (χ0n) is 25.7. The van der Waals surface area contributed by atoms with Gasteiger partial charge < -0.3 is 29.7 Å². The van der Waals surface area contributed by atoms with E-state index in [1.54, 1.807) is 0 Å². The molecule has 4 rings (SSSR count). The van der Waals surface area contributed by atoms with Crippen LogP contribution in [0.5, 0.6) is 0 Å². The van der Waals surface area contributed by atoms with Gasteiger partial charge in [0.25, 0.3) is 0 Å². The van der Waals surface area contributed by atoms with Gasteiger partial charge in [0.1, 0.15) is 0 Å². The number of carbonyl (C=O) groups excluding carboxylic acids is 1. The number of aliphatic hydroxyl groups is 1. The molecular weight excluding hydrogens is 516 g/mol. The van der Waals surface area contributed by atoms with Gasteiger partial charge in [-0.05, 0) is 62.8 Å². The maximum atomic E-state index is 12.1. The topological polar surface area (TPSA) is 77.5 Å². The summed E-state index contributed by atoms with van der Waals surface area (Å²) in [6.45, 7) is 17.5. The van der Waals surface area contributed by atoms with E-state index in [1.165, 1.54) is 16.7 Å². The number of amides is 1. The summed E-state index contributed by atoms with van der Waals surface area (Å²) in [4.78, 5) is 19.1. The molecule has 1 aromatic carbocycles. The van der Waals surface area contributed by atoms with Crippen LogP contribution >= 0.6 is 0 Å². The quantitative estimate of drug-likeness (QED) is 0.263. The first kappa shape index (κ1) is 31.9. The van der Waals surface area contributed by atoms with E-state index in [0.29, 0.717) is 19.8 Å². The fourth-order valence-electron chi connectivity index (χ4n) is 6.20. The molecule has 8 nitrogen and oxygen atoms in total. The van der Waals surface area contributed by atoms with Crippen LogP contribution in [0.2, 0.25) is 0 Å². The highest BCUT2D eigenvalue weighted by Crippen LogP contribution is 2.40. The molecule has 1 amide bonds. The van der Waals surface area contributed by atoms with Gasteiger partial charge in [0.05, 0.1) is 25.9 Å². The molecule has 2 N–H and O–H groups in total. The number of rotatable bonds is 14. The largest absolute Gasteiger partial charge is 0.392 e. The maximum Gasteiger partial charge on any atom is 0.234 e. The van der Waals surface area contributed by atoms with Crippen molar-refractivity contribution >= 4 is 11.5 Å². The van der Waals surface area contributed by atoms with Crippen molar-refractivity contribution in [2.45, 2.75) is 64.9 Å². The predicted octanol–water partition coefficient (Wildman–Crippen LogP) is 3.30. The standard InChI is InChI=1S/C33H52N4O4/c1-26(2)34-32(39)25-37-20-18-35(19-21-37)15-8-22-40-33(41-23-9-16-36-17-13-29(38)24-36)14-7-12-31(28(33)4)30-11-6-5-10-27(30)3/h5-7,10-12,14,26,28-29,38H,8-9,13,15-25H2,1-4H3,(H,34,39)/t28-,29?,33?/m1/s1. The SMILES string of the molecule is Cc1ccccc1C1=CC=CC(OCCCN2CCN(CC(=O)NC(C)C)CC2)(OCCCN2CCC(O)C2)[C@@H]1C. The molecule has 2 fully saturated rings. The summed E-state index contributed by atoms with van der Waals surface area (Å²) in [5.74, 6) is -0.652. The van der Waals surface area contributed by atoms with Gasteiger partial charge in [-0.25, -0.2) is 0 Å². The van der Waals surface area contributed by atoms with E-state index in [9.17, 15) is 9.90 Å². The molecule has 0 saturated carbocycles. The van der Waals surface area contributed by atoms with Crippen molar-refractivity contribution in [1.82, 2.24) is 20.0 Å². The monoisotopic (exact) mass is 568 g/mol. The zero-order chi connectivity index (χ0) is 29.2. The van der Waals surface area contributed by atoms with E-state index >= 15 is 0 Å². The molecule has 3 aliphatic rings. The van der Waals surface area contributed by atoms with Crippen LogP contribution in [0.25, 0.3) is 5.57 Å². The number of aryl methyl sites for hydroxylation is 1. The molecule has 0 radical (unpaired) electrons. The average molecular weight is 569 g/mol. The minimum atomic E-state index is -0.806. The number of likely N-dealkylation sites (tertiary alicyclic amines) is 1. The summed E-state index contributed by atoms with van der Waals surface area (Å²) in [7, 11) is 0. The summed E-state index contributed by atoms with van der Waals surface area (Å²) in [5.41, 5.74) is 3.74. The van der Waals surface area contributed by atoms with E-state index in [4.69, 9.17) is 9.47 Å². The number of nitrogens with zero attached hydrogens (tertiary/aromatic N) is 3. The van der Waals surface area contributed by atoms with Crippen LogP contribution < -0.4 is 5.32 Å². The van der Waals surface area contributed by atoms with Crippen molar-refractivity contribution in [3.8, 4) is 0 Å². The molecule has 41 heavy (non-hydrogen) atoms. The summed E-state index contributed by atoms with van der Waals surface area (Å²) in [6, 6.07) is 8.70. The molecule has 2 saturated heterocycles. The van der Waals surface area contributed by atoms with Crippen molar-refractivity contribution in [3.05, 3.63) is 53.6 Å². The Morgan fingerprint density at radius 3 is 2.32 bits per heavy atom. The molecule has 0 aromatic heterocycles. The molecule has 0 bridgehead atoms. The number of piperazine rings is 1. The first-order chi connectivity index (χ1) is 19.8. The van der Waals surface area contributed by atoms with Gasteiger partial charge in [-0.15, -0.1) is 0 Å². The van der Waals surface area contributed by atoms with Crippen LogP contribution in [0.4, 0.5) is 0 Å². The number of allylic oxidation sites excluding steroid dienone is 2. The summed E-state index contributed by atoms with van der Waals surface area (Å²) in [6.07, 6.45) is 8.88. The molecule has 1 aliphatic carbocycles. The van der Waals surface area contributed by atoms with Crippen LogP contribution in [0.3, 0.4) is 0 Å². The van der Waals surface area contributed by atoms with Gasteiger partial charge in [-0.3, -0.25) is 9.69 Å².